The molecule has 6 heteroatoms. The zero-order valence-electron chi connectivity index (χ0n) is 12.7. The Morgan fingerprint density at radius 3 is 2.57 bits per heavy atom. The summed E-state index contributed by atoms with van der Waals surface area (Å²) in [5, 5.41) is 5.86. The number of anilines is 1. The number of aryl methyl sites for hydroxylation is 1. The number of halogens is 1. The van der Waals surface area contributed by atoms with E-state index in [0.29, 0.717) is 10.7 Å². The van der Waals surface area contributed by atoms with Gasteiger partial charge in [0, 0.05) is 10.7 Å². The van der Waals surface area contributed by atoms with Gasteiger partial charge in [0.25, 0.3) is 0 Å². The highest BCUT2D eigenvalue weighted by molar-refractivity contribution is 6.31. The van der Waals surface area contributed by atoms with Crippen LogP contribution in [0.2, 0.25) is 5.02 Å². The number of carbonyl (C=O) groups is 2. The van der Waals surface area contributed by atoms with Gasteiger partial charge < -0.3 is 15.4 Å². The molecular formula is C15H21ClN2O3. The summed E-state index contributed by atoms with van der Waals surface area (Å²) in [5.41, 5.74) is 1.49. The molecule has 0 fully saturated rings. The van der Waals surface area contributed by atoms with Gasteiger partial charge in [-0.1, -0.05) is 37.9 Å². The van der Waals surface area contributed by atoms with E-state index in [0.717, 1.165) is 12.0 Å². The lowest BCUT2D eigenvalue weighted by atomic mass is 9.99. The Morgan fingerprint density at radius 1 is 1.38 bits per heavy atom. The van der Waals surface area contributed by atoms with E-state index in [2.05, 4.69) is 10.6 Å². The van der Waals surface area contributed by atoms with Crippen LogP contribution in [0.3, 0.4) is 0 Å². The summed E-state index contributed by atoms with van der Waals surface area (Å²) in [6.07, 6.45) is 0.746. The minimum absolute atomic E-state index is 0.0233. The molecule has 0 aliphatic heterocycles. The number of esters is 1. The third-order valence-electron chi connectivity index (χ3n) is 3.38. The summed E-state index contributed by atoms with van der Waals surface area (Å²) >= 11 is 6.00. The lowest BCUT2D eigenvalue weighted by Crippen LogP contribution is -2.47. The summed E-state index contributed by atoms with van der Waals surface area (Å²) in [5.74, 6) is -0.480. The first-order valence-corrected chi connectivity index (χ1v) is 7.18. The van der Waals surface area contributed by atoms with Crippen molar-refractivity contribution in [2.24, 2.45) is 5.92 Å². The summed E-state index contributed by atoms with van der Waals surface area (Å²) in [4.78, 5) is 23.7. The fourth-order valence-corrected chi connectivity index (χ4v) is 1.96. The topological polar surface area (TPSA) is 67.4 Å². The maximum atomic E-state index is 12.0. The Morgan fingerprint density at radius 2 is 2.05 bits per heavy atom. The van der Waals surface area contributed by atoms with E-state index in [1.807, 2.05) is 26.8 Å². The van der Waals surface area contributed by atoms with Crippen LogP contribution < -0.4 is 10.6 Å². The summed E-state index contributed by atoms with van der Waals surface area (Å²) in [6, 6.07) is 4.07. The van der Waals surface area contributed by atoms with E-state index in [1.54, 1.807) is 12.1 Å². The van der Waals surface area contributed by atoms with Gasteiger partial charge in [-0.05, 0) is 30.5 Å². The molecule has 116 valence electrons. The van der Waals surface area contributed by atoms with Gasteiger partial charge in [-0.15, -0.1) is 0 Å². The van der Waals surface area contributed by atoms with E-state index < -0.39 is 18.0 Å². The largest absolute Gasteiger partial charge is 0.467 e. The average molecular weight is 313 g/mol. The second-order valence-corrected chi connectivity index (χ2v) is 5.36. The van der Waals surface area contributed by atoms with Crippen LogP contribution in [-0.2, 0) is 9.53 Å². The highest BCUT2D eigenvalue weighted by Gasteiger charge is 2.26. The van der Waals surface area contributed by atoms with Crippen molar-refractivity contribution >= 4 is 29.3 Å². The van der Waals surface area contributed by atoms with Gasteiger partial charge in [-0.3, -0.25) is 0 Å². The molecule has 0 radical (unpaired) electrons. The molecule has 0 bridgehead atoms. The van der Waals surface area contributed by atoms with E-state index in [9.17, 15) is 9.59 Å². The first-order valence-electron chi connectivity index (χ1n) is 6.80. The normalized spacial score (nSPS) is 13.2. The second kappa shape index (κ2) is 7.88. The van der Waals surface area contributed by atoms with Crippen molar-refractivity contribution in [2.75, 3.05) is 12.4 Å². The fraction of sp³-hybridized carbons (Fsp3) is 0.467. The number of urea groups is 1. The summed E-state index contributed by atoms with van der Waals surface area (Å²) in [7, 11) is 1.30. The predicted molar refractivity (Wildman–Crippen MR) is 83.6 cm³/mol. The number of rotatable bonds is 5. The lowest BCUT2D eigenvalue weighted by molar-refractivity contribution is -0.144. The first-order chi connectivity index (χ1) is 9.88. The monoisotopic (exact) mass is 312 g/mol. The SMILES string of the molecule is CCC(C)[C@H](NC(=O)Nc1ccc(C)c(Cl)c1)C(=O)OC. The van der Waals surface area contributed by atoms with Crippen molar-refractivity contribution in [3.63, 3.8) is 0 Å². The minimum Gasteiger partial charge on any atom is -0.467 e. The molecule has 0 saturated carbocycles. The third kappa shape index (κ3) is 4.93. The molecular weight excluding hydrogens is 292 g/mol. The molecule has 5 nitrogen and oxygen atoms in total. The number of ether oxygens (including phenoxy) is 1. The molecule has 1 aromatic carbocycles. The first kappa shape index (κ1) is 17.3. The number of benzene rings is 1. The van der Waals surface area contributed by atoms with Crippen molar-refractivity contribution in [3.8, 4) is 0 Å². The Kier molecular flexibility index (Phi) is 6.49. The Balaban J connectivity index is 2.73. The number of amides is 2. The summed E-state index contributed by atoms with van der Waals surface area (Å²) < 4.78 is 4.72. The van der Waals surface area contributed by atoms with Crippen LogP contribution in [0.4, 0.5) is 10.5 Å². The maximum Gasteiger partial charge on any atom is 0.328 e. The van der Waals surface area contributed by atoms with E-state index in [-0.39, 0.29) is 5.92 Å². The lowest BCUT2D eigenvalue weighted by Gasteiger charge is -2.22. The zero-order valence-corrected chi connectivity index (χ0v) is 13.5. The minimum atomic E-state index is -0.680. The van der Waals surface area contributed by atoms with Gasteiger partial charge in [0.15, 0.2) is 0 Å². The molecule has 0 saturated heterocycles. The molecule has 2 amide bonds. The van der Waals surface area contributed by atoms with Crippen LogP contribution in [0, 0.1) is 12.8 Å². The standard InChI is InChI=1S/C15H21ClN2O3/c1-5-9(2)13(14(19)21-4)18-15(20)17-11-7-6-10(3)12(16)8-11/h6-9,13H,5H2,1-4H3,(H2,17,18,20)/t9?,13-/m0/s1. The van der Waals surface area contributed by atoms with Crippen LogP contribution in [0.15, 0.2) is 18.2 Å². The molecule has 1 unspecified atom stereocenters. The van der Waals surface area contributed by atoms with Gasteiger partial charge in [-0.25, -0.2) is 9.59 Å². The molecule has 0 spiro atoms. The van der Waals surface area contributed by atoms with Crippen molar-refractivity contribution in [2.45, 2.75) is 33.2 Å². The number of carbonyl (C=O) groups excluding carboxylic acids is 2. The summed E-state index contributed by atoms with van der Waals surface area (Å²) in [6.45, 7) is 5.70. The molecule has 0 aromatic heterocycles. The Hall–Kier alpha value is -1.75. The van der Waals surface area contributed by atoms with Crippen LogP contribution in [0.5, 0.6) is 0 Å². The van der Waals surface area contributed by atoms with E-state index in [4.69, 9.17) is 16.3 Å². The highest BCUT2D eigenvalue weighted by Crippen LogP contribution is 2.20. The van der Waals surface area contributed by atoms with Crippen molar-refractivity contribution < 1.29 is 14.3 Å². The molecule has 2 atom stereocenters. The molecule has 2 N–H and O–H groups in total. The van der Waals surface area contributed by atoms with E-state index >= 15 is 0 Å². The van der Waals surface area contributed by atoms with Gasteiger partial charge in [0.1, 0.15) is 6.04 Å². The fourth-order valence-electron chi connectivity index (χ4n) is 1.78. The van der Waals surface area contributed by atoms with Gasteiger partial charge in [0.2, 0.25) is 0 Å². The van der Waals surface area contributed by atoms with Gasteiger partial charge in [-0.2, -0.15) is 0 Å². The zero-order chi connectivity index (χ0) is 16.0. The molecule has 1 aromatic rings. The number of methoxy groups -OCH3 is 1. The van der Waals surface area contributed by atoms with Crippen LogP contribution in [-0.4, -0.2) is 25.2 Å². The second-order valence-electron chi connectivity index (χ2n) is 4.95. The predicted octanol–water partition coefficient (Wildman–Crippen LogP) is 3.36. The van der Waals surface area contributed by atoms with Gasteiger partial charge >= 0.3 is 12.0 Å². The van der Waals surface area contributed by atoms with Crippen LogP contribution >= 0.6 is 11.6 Å². The van der Waals surface area contributed by atoms with Gasteiger partial charge in [0.05, 0.1) is 7.11 Å². The average Bonchev–Trinajstić information content (AvgIpc) is 2.47. The van der Waals surface area contributed by atoms with Crippen molar-refractivity contribution in [3.05, 3.63) is 28.8 Å². The van der Waals surface area contributed by atoms with Crippen LogP contribution in [0.1, 0.15) is 25.8 Å². The highest BCUT2D eigenvalue weighted by atomic mass is 35.5. The molecule has 21 heavy (non-hydrogen) atoms. The number of nitrogens with one attached hydrogen (secondary N) is 2. The van der Waals surface area contributed by atoms with Crippen molar-refractivity contribution in [1.82, 2.24) is 5.32 Å². The maximum absolute atomic E-state index is 12.0. The number of hydrogen-bond acceptors (Lipinski definition) is 3. The smallest absolute Gasteiger partial charge is 0.328 e. The third-order valence-corrected chi connectivity index (χ3v) is 3.79. The number of hydrogen-bond donors (Lipinski definition) is 2. The molecule has 0 heterocycles. The Bertz CT molecular complexity index is 520. The quantitative estimate of drug-likeness (QED) is 0.819. The van der Waals surface area contributed by atoms with Crippen molar-refractivity contribution in [1.29, 1.82) is 0 Å². The Labute approximate surface area is 130 Å². The molecule has 0 aliphatic rings. The van der Waals surface area contributed by atoms with E-state index in [1.165, 1.54) is 7.11 Å². The van der Waals surface area contributed by atoms with Crippen LogP contribution in [0.25, 0.3) is 0 Å². The molecule has 0 aliphatic carbocycles. The molecule has 1 rings (SSSR count).